The lowest BCUT2D eigenvalue weighted by molar-refractivity contribution is -0.158. The van der Waals surface area contributed by atoms with Gasteiger partial charge in [0.15, 0.2) is 5.78 Å². The molecule has 1 aliphatic heterocycles. The summed E-state index contributed by atoms with van der Waals surface area (Å²) in [5.41, 5.74) is 3.41. The fraction of sp³-hybridized carbons (Fsp3) is 0.355. The van der Waals surface area contributed by atoms with E-state index in [1.807, 2.05) is 48.5 Å². The minimum Gasteiger partial charge on any atom is -0.496 e. The Balaban J connectivity index is 1.51. The van der Waals surface area contributed by atoms with Crippen LogP contribution in [0.3, 0.4) is 0 Å². The van der Waals surface area contributed by atoms with E-state index in [0.717, 1.165) is 35.1 Å². The molecule has 6 heteroatoms. The highest BCUT2D eigenvalue weighted by Crippen LogP contribution is 2.69. The van der Waals surface area contributed by atoms with Gasteiger partial charge in [0.05, 0.1) is 18.6 Å². The normalized spacial score (nSPS) is 29.4. The Hall–Kier alpha value is -3.15. The van der Waals surface area contributed by atoms with Crippen LogP contribution in [0.1, 0.15) is 46.6 Å². The number of Topliss-reactive ketones (excluding diaryl/α,β-unsaturated/α-hetero) is 1. The third kappa shape index (κ3) is 3.33. The zero-order chi connectivity index (χ0) is 25.8. The smallest absolute Gasteiger partial charge is 0.311 e. The second-order valence-electron chi connectivity index (χ2n) is 10.6. The first kappa shape index (κ1) is 24.2. The van der Waals surface area contributed by atoms with Crippen molar-refractivity contribution >= 4 is 23.4 Å². The Morgan fingerprint density at radius 2 is 1.84 bits per heavy atom. The summed E-state index contributed by atoms with van der Waals surface area (Å²) in [7, 11) is 1.59. The van der Waals surface area contributed by atoms with Crippen molar-refractivity contribution in [3.05, 3.63) is 101 Å². The second kappa shape index (κ2) is 9.00. The van der Waals surface area contributed by atoms with Gasteiger partial charge in [0.2, 0.25) is 0 Å². The predicted octanol–water partition coefficient (Wildman–Crippen LogP) is 5.08. The fourth-order valence-electron chi connectivity index (χ4n) is 7.82. The van der Waals surface area contributed by atoms with Crippen molar-refractivity contribution in [1.29, 1.82) is 0 Å². The van der Waals surface area contributed by atoms with E-state index in [4.69, 9.17) is 16.3 Å². The van der Waals surface area contributed by atoms with E-state index in [0.29, 0.717) is 11.6 Å². The highest BCUT2D eigenvalue weighted by Gasteiger charge is 2.72. The maximum Gasteiger partial charge on any atom is 0.311 e. The molecule has 1 saturated heterocycles. The molecule has 1 heterocycles. The Labute approximate surface area is 221 Å². The molecule has 0 spiro atoms. The molecule has 5 nitrogen and oxygen atoms in total. The number of rotatable bonds is 7. The summed E-state index contributed by atoms with van der Waals surface area (Å²) in [6.07, 6.45) is 1.74. The molecule has 0 amide bonds. The van der Waals surface area contributed by atoms with Crippen LogP contribution in [0.25, 0.3) is 0 Å². The maximum atomic E-state index is 14.1. The molecule has 2 fully saturated rings. The van der Waals surface area contributed by atoms with Crippen LogP contribution in [0.15, 0.2) is 72.8 Å². The Kier molecular flexibility index (Phi) is 5.89. The van der Waals surface area contributed by atoms with Crippen molar-refractivity contribution in [2.45, 2.75) is 42.5 Å². The van der Waals surface area contributed by atoms with Crippen LogP contribution >= 0.6 is 11.6 Å². The fourth-order valence-corrected chi connectivity index (χ4v) is 7.99. The highest BCUT2D eigenvalue weighted by atomic mass is 35.5. The molecule has 5 atom stereocenters. The third-order valence-corrected chi connectivity index (χ3v) is 9.51. The number of carboxylic acid groups (broad SMARTS) is 1. The number of hydrogen-bond acceptors (Lipinski definition) is 4. The number of aliphatic carboxylic acids is 1. The third-order valence-electron chi connectivity index (χ3n) is 9.20. The number of carboxylic acids is 1. The zero-order valence-corrected chi connectivity index (χ0v) is 21.5. The summed E-state index contributed by atoms with van der Waals surface area (Å²) in [5.74, 6) is -0.412. The van der Waals surface area contributed by atoms with Gasteiger partial charge in [-0.05, 0) is 41.2 Å². The van der Waals surface area contributed by atoms with Crippen LogP contribution in [0, 0.1) is 11.3 Å². The van der Waals surface area contributed by atoms with Gasteiger partial charge in [0.25, 0.3) is 0 Å². The van der Waals surface area contributed by atoms with Crippen LogP contribution in [0.4, 0.5) is 0 Å². The van der Waals surface area contributed by atoms with Crippen molar-refractivity contribution in [2.24, 2.45) is 11.3 Å². The Morgan fingerprint density at radius 3 is 2.57 bits per heavy atom. The number of carbonyl (C=O) groups is 2. The first-order valence-corrected chi connectivity index (χ1v) is 13.4. The number of nitrogens with one attached hydrogen (secondary N) is 1. The number of hydrogen-bond donors (Lipinski definition) is 2. The lowest BCUT2D eigenvalue weighted by atomic mass is 9.41. The van der Waals surface area contributed by atoms with E-state index in [1.165, 1.54) is 5.56 Å². The summed E-state index contributed by atoms with van der Waals surface area (Å²) >= 11 is 6.08. The number of carbonyl (C=O) groups excluding carboxylic acids is 1. The summed E-state index contributed by atoms with van der Waals surface area (Å²) in [5, 5.41) is 14.3. The maximum absolute atomic E-state index is 14.1. The van der Waals surface area contributed by atoms with Crippen molar-refractivity contribution in [1.82, 2.24) is 5.32 Å². The van der Waals surface area contributed by atoms with Crippen LogP contribution in [-0.2, 0) is 27.3 Å². The monoisotopic (exact) mass is 515 g/mol. The van der Waals surface area contributed by atoms with Crippen molar-refractivity contribution in [3.8, 4) is 5.75 Å². The average molecular weight is 516 g/mol. The number of ketones is 1. The molecule has 0 aromatic heterocycles. The molecule has 2 N–H and O–H groups in total. The summed E-state index contributed by atoms with van der Waals surface area (Å²) in [6, 6.07) is 23.5. The number of halogens is 1. The molecule has 0 radical (unpaired) electrons. The molecule has 4 aliphatic rings. The number of fused-ring (bicyclic) bond motifs is 1. The van der Waals surface area contributed by atoms with Crippen molar-refractivity contribution in [3.63, 3.8) is 0 Å². The largest absolute Gasteiger partial charge is 0.496 e. The Bertz CT molecular complexity index is 1370. The molecular weight excluding hydrogens is 486 g/mol. The minimum absolute atomic E-state index is 0.0153. The molecule has 7 rings (SSSR count). The second-order valence-corrected chi connectivity index (χ2v) is 10.9. The van der Waals surface area contributed by atoms with Gasteiger partial charge in [-0.25, -0.2) is 0 Å². The molecule has 37 heavy (non-hydrogen) atoms. The van der Waals surface area contributed by atoms with Gasteiger partial charge in [0.1, 0.15) is 5.75 Å². The van der Waals surface area contributed by atoms with E-state index in [-0.39, 0.29) is 24.7 Å². The van der Waals surface area contributed by atoms with E-state index >= 15 is 0 Å². The summed E-state index contributed by atoms with van der Waals surface area (Å²) < 4.78 is 5.55. The standard InChI is InChI=1S/C31H30ClNO4/c1-37-26-12-11-19(17-32)15-20(26)16-25(34)27-28-30(21-7-3-2-4-8-21)14-13-24(22-9-5-6-10-23(22)30)31(28,18-33-27)29(35)36/h2-12,15,24,27-28,33H,13-14,16-18H2,1H3,(H,35,36). The van der Waals surface area contributed by atoms with E-state index in [9.17, 15) is 14.7 Å². The van der Waals surface area contributed by atoms with Gasteiger partial charge in [-0.2, -0.15) is 0 Å². The molecule has 3 aliphatic carbocycles. The van der Waals surface area contributed by atoms with Gasteiger partial charge in [-0.3, -0.25) is 9.59 Å². The molecule has 2 bridgehead atoms. The van der Waals surface area contributed by atoms with Crippen LogP contribution in [-0.4, -0.2) is 36.6 Å². The Morgan fingerprint density at radius 1 is 1.08 bits per heavy atom. The van der Waals surface area contributed by atoms with E-state index in [1.54, 1.807) is 7.11 Å². The SMILES string of the molecule is COc1ccc(CCl)cc1CC(=O)C1NCC2(C(=O)O)C3CCC(c4ccccc4)(c4ccccc43)C12. The molecular formula is C31H30ClNO4. The van der Waals surface area contributed by atoms with Gasteiger partial charge >= 0.3 is 5.97 Å². The van der Waals surface area contributed by atoms with Crippen molar-refractivity contribution < 1.29 is 19.4 Å². The zero-order valence-electron chi connectivity index (χ0n) is 20.7. The molecule has 1 saturated carbocycles. The minimum atomic E-state index is -1.06. The quantitative estimate of drug-likeness (QED) is 0.429. The van der Waals surface area contributed by atoms with Gasteiger partial charge in [0, 0.05) is 41.7 Å². The van der Waals surface area contributed by atoms with Gasteiger partial charge in [-0.1, -0.05) is 66.7 Å². The number of alkyl halides is 1. The number of methoxy groups -OCH3 is 1. The molecule has 5 unspecified atom stereocenters. The lowest BCUT2D eigenvalue weighted by Gasteiger charge is -2.60. The van der Waals surface area contributed by atoms with Crippen molar-refractivity contribution in [2.75, 3.05) is 13.7 Å². The number of benzene rings is 3. The van der Waals surface area contributed by atoms with Crippen LogP contribution < -0.4 is 10.1 Å². The van der Waals surface area contributed by atoms with Crippen LogP contribution in [0.5, 0.6) is 5.75 Å². The summed E-state index contributed by atoms with van der Waals surface area (Å²) in [6.45, 7) is 0.274. The topological polar surface area (TPSA) is 75.6 Å². The molecule has 190 valence electrons. The average Bonchev–Trinajstić information content (AvgIpc) is 3.38. The first-order chi connectivity index (χ1) is 18.0. The predicted molar refractivity (Wildman–Crippen MR) is 142 cm³/mol. The highest BCUT2D eigenvalue weighted by molar-refractivity contribution is 6.17. The van der Waals surface area contributed by atoms with Crippen LogP contribution in [0.2, 0.25) is 0 Å². The summed E-state index contributed by atoms with van der Waals surface area (Å²) in [4.78, 5) is 27.4. The lowest BCUT2D eigenvalue weighted by Crippen LogP contribution is -2.62. The van der Waals surface area contributed by atoms with E-state index < -0.39 is 28.8 Å². The molecule has 3 aromatic rings. The molecule has 3 aromatic carbocycles. The van der Waals surface area contributed by atoms with Gasteiger partial charge in [-0.15, -0.1) is 11.6 Å². The van der Waals surface area contributed by atoms with E-state index in [2.05, 4.69) is 29.6 Å². The number of ether oxygens (including phenoxy) is 1. The van der Waals surface area contributed by atoms with Gasteiger partial charge < -0.3 is 15.2 Å². The first-order valence-electron chi connectivity index (χ1n) is 12.8.